The lowest BCUT2D eigenvalue weighted by Gasteiger charge is -2.12. The van der Waals surface area contributed by atoms with Crippen LogP contribution in [0.2, 0.25) is 0 Å². The highest BCUT2D eigenvalue weighted by Crippen LogP contribution is 2.28. The molecule has 2 aromatic heterocycles. The van der Waals surface area contributed by atoms with Crippen molar-refractivity contribution < 1.29 is 4.74 Å². The van der Waals surface area contributed by atoms with Crippen LogP contribution in [-0.2, 0) is 6.54 Å². The first-order valence-electron chi connectivity index (χ1n) is 7.94. The van der Waals surface area contributed by atoms with Crippen LogP contribution in [-0.4, -0.2) is 35.0 Å². The number of fused-ring (bicyclic) bond motifs is 1. The first kappa shape index (κ1) is 15.6. The monoisotopic (exact) mass is 309 g/mol. The molecule has 3 rings (SSSR count). The highest BCUT2D eigenvalue weighted by atomic mass is 16.5. The third-order valence-electron chi connectivity index (χ3n) is 3.85. The molecule has 1 aromatic carbocycles. The maximum absolute atomic E-state index is 5.54. The molecular formula is C19H23N3O. The first-order valence-corrected chi connectivity index (χ1v) is 7.94. The van der Waals surface area contributed by atoms with Crippen molar-refractivity contribution >= 4 is 5.65 Å². The number of pyridine rings is 1. The van der Waals surface area contributed by atoms with Crippen molar-refractivity contribution in [3.8, 4) is 17.0 Å². The number of aryl methyl sites for hydroxylation is 1. The Morgan fingerprint density at radius 3 is 2.52 bits per heavy atom. The van der Waals surface area contributed by atoms with Crippen LogP contribution in [0, 0.1) is 6.92 Å². The molecule has 0 atom stereocenters. The van der Waals surface area contributed by atoms with Crippen LogP contribution in [0.15, 0.2) is 42.6 Å². The summed E-state index contributed by atoms with van der Waals surface area (Å²) in [5, 5.41) is 0. The van der Waals surface area contributed by atoms with Crippen LogP contribution in [0.5, 0.6) is 5.75 Å². The summed E-state index contributed by atoms with van der Waals surface area (Å²) in [6.07, 6.45) is 2.09. The summed E-state index contributed by atoms with van der Waals surface area (Å²) in [6, 6.07) is 12.4. The molecule has 0 aliphatic heterocycles. The van der Waals surface area contributed by atoms with Gasteiger partial charge < -0.3 is 14.0 Å². The third kappa shape index (κ3) is 3.08. The van der Waals surface area contributed by atoms with E-state index in [-0.39, 0.29) is 0 Å². The number of hydrogen-bond acceptors (Lipinski definition) is 3. The van der Waals surface area contributed by atoms with Gasteiger partial charge in [0.1, 0.15) is 11.4 Å². The molecule has 4 heteroatoms. The SMILES string of the molecule is CCOc1ccc(-c2nc3c(C)cccn3c2CN(C)C)cc1. The Balaban J connectivity index is 2.13. The van der Waals surface area contributed by atoms with Crippen molar-refractivity contribution in [1.82, 2.24) is 14.3 Å². The van der Waals surface area contributed by atoms with E-state index in [2.05, 4.69) is 60.8 Å². The van der Waals surface area contributed by atoms with Gasteiger partial charge in [0.25, 0.3) is 0 Å². The molecule has 4 nitrogen and oxygen atoms in total. The molecule has 2 heterocycles. The maximum Gasteiger partial charge on any atom is 0.140 e. The summed E-state index contributed by atoms with van der Waals surface area (Å²) >= 11 is 0. The minimum absolute atomic E-state index is 0.679. The van der Waals surface area contributed by atoms with Gasteiger partial charge in [0, 0.05) is 18.3 Å². The summed E-state index contributed by atoms with van der Waals surface area (Å²) in [5.41, 5.74) is 5.57. The van der Waals surface area contributed by atoms with E-state index in [1.165, 1.54) is 11.3 Å². The average molecular weight is 309 g/mol. The maximum atomic E-state index is 5.54. The lowest BCUT2D eigenvalue weighted by atomic mass is 10.1. The number of hydrogen-bond donors (Lipinski definition) is 0. The summed E-state index contributed by atoms with van der Waals surface area (Å²) in [4.78, 5) is 7.08. The molecular weight excluding hydrogens is 286 g/mol. The van der Waals surface area contributed by atoms with E-state index in [0.29, 0.717) is 6.61 Å². The van der Waals surface area contributed by atoms with Crippen molar-refractivity contribution in [3.63, 3.8) is 0 Å². The third-order valence-corrected chi connectivity index (χ3v) is 3.85. The Morgan fingerprint density at radius 1 is 1.13 bits per heavy atom. The number of nitrogens with zero attached hydrogens (tertiary/aromatic N) is 3. The van der Waals surface area contributed by atoms with Gasteiger partial charge in [0.05, 0.1) is 18.0 Å². The van der Waals surface area contributed by atoms with Gasteiger partial charge in [-0.1, -0.05) is 6.07 Å². The van der Waals surface area contributed by atoms with Crippen molar-refractivity contribution in [3.05, 3.63) is 53.9 Å². The van der Waals surface area contributed by atoms with Gasteiger partial charge in [0.15, 0.2) is 0 Å². The molecule has 0 aliphatic carbocycles. The fourth-order valence-corrected chi connectivity index (χ4v) is 2.81. The van der Waals surface area contributed by atoms with Crippen LogP contribution in [0.3, 0.4) is 0 Å². The molecule has 23 heavy (non-hydrogen) atoms. The minimum Gasteiger partial charge on any atom is -0.494 e. The highest BCUT2D eigenvalue weighted by molar-refractivity contribution is 5.68. The minimum atomic E-state index is 0.679. The molecule has 0 unspecified atom stereocenters. The topological polar surface area (TPSA) is 29.8 Å². The van der Waals surface area contributed by atoms with Crippen molar-refractivity contribution in [2.45, 2.75) is 20.4 Å². The lowest BCUT2D eigenvalue weighted by Crippen LogP contribution is -2.13. The van der Waals surface area contributed by atoms with Gasteiger partial charge in [-0.2, -0.15) is 0 Å². The van der Waals surface area contributed by atoms with Crippen molar-refractivity contribution in [2.75, 3.05) is 20.7 Å². The normalized spacial score (nSPS) is 11.3. The molecule has 0 saturated heterocycles. The van der Waals surface area contributed by atoms with E-state index in [1.807, 2.05) is 19.1 Å². The van der Waals surface area contributed by atoms with Gasteiger partial charge >= 0.3 is 0 Å². The molecule has 0 aliphatic rings. The molecule has 120 valence electrons. The summed E-state index contributed by atoms with van der Waals surface area (Å²) in [6.45, 7) is 5.61. The van der Waals surface area contributed by atoms with E-state index >= 15 is 0 Å². The van der Waals surface area contributed by atoms with Crippen LogP contribution in [0.1, 0.15) is 18.2 Å². The Kier molecular flexibility index (Phi) is 4.35. The van der Waals surface area contributed by atoms with Crippen LogP contribution in [0.25, 0.3) is 16.9 Å². The molecule has 0 N–H and O–H groups in total. The summed E-state index contributed by atoms with van der Waals surface area (Å²) in [7, 11) is 4.16. The Morgan fingerprint density at radius 2 is 1.87 bits per heavy atom. The van der Waals surface area contributed by atoms with Crippen molar-refractivity contribution in [1.29, 1.82) is 0 Å². The van der Waals surface area contributed by atoms with E-state index in [1.54, 1.807) is 0 Å². The van der Waals surface area contributed by atoms with Crippen LogP contribution in [0.4, 0.5) is 0 Å². The predicted octanol–water partition coefficient (Wildman–Crippen LogP) is 3.77. The molecule has 0 saturated carbocycles. The molecule has 0 amide bonds. The number of ether oxygens (including phenoxy) is 1. The zero-order valence-electron chi connectivity index (χ0n) is 14.2. The Hall–Kier alpha value is -2.33. The second-order valence-corrected chi connectivity index (χ2v) is 5.99. The standard InChI is InChI=1S/C19H23N3O/c1-5-23-16-10-8-15(9-11-16)18-17(13-21(3)4)22-12-6-7-14(2)19(22)20-18/h6-12H,5,13H2,1-4H3. The first-order chi connectivity index (χ1) is 11.1. The average Bonchev–Trinajstić information content (AvgIpc) is 2.88. The fourth-order valence-electron chi connectivity index (χ4n) is 2.81. The quantitative estimate of drug-likeness (QED) is 0.718. The second kappa shape index (κ2) is 6.42. The zero-order chi connectivity index (χ0) is 16.4. The molecule has 0 fully saturated rings. The smallest absolute Gasteiger partial charge is 0.140 e. The van der Waals surface area contributed by atoms with Crippen LogP contribution >= 0.6 is 0 Å². The van der Waals surface area contributed by atoms with Crippen LogP contribution < -0.4 is 4.74 Å². The Labute approximate surface area is 137 Å². The number of benzene rings is 1. The molecule has 0 radical (unpaired) electrons. The van der Waals surface area contributed by atoms with Gasteiger partial charge in [-0.3, -0.25) is 0 Å². The van der Waals surface area contributed by atoms with E-state index in [0.717, 1.165) is 29.2 Å². The molecule has 0 bridgehead atoms. The number of imidazole rings is 1. The molecule has 3 aromatic rings. The number of rotatable bonds is 5. The van der Waals surface area contributed by atoms with Gasteiger partial charge in [-0.25, -0.2) is 4.98 Å². The fraction of sp³-hybridized carbons (Fsp3) is 0.316. The lowest BCUT2D eigenvalue weighted by molar-refractivity contribution is 0.340. The van der Waals surface area contributed by atoms with E-state index in [4.69, 9.17) is 9.72 Å². The van der Waals surface area contributed by atoms with Gasteiger partial charge in [0.2, 0.25) is 0 Å². The Bertz CT molecular complexity index is 803. The van der Waals surface area contributed by atoms with Crippen molar-refractivity contribution in [2.24, 2.45) is 0 Å². The zero-order valence-corrected chi connectivity index (χ0v) is 14.2. The second-order valence-electron chi connectivity index (χ2n) is 5.99. The van der Waals surface area contributed by atoms with E-state index < -0.39 is 0 Å². The summed E-state index contributed by atoms with van der Waals surface area (Å²) in [5.74, 6) is 0.894. The predicted molar refractivity (Wildman–Crippen MR) is 93.9 cm³/mol. The van der Waals surface area contributed by atoms with E-state index in [9.17, 15) is 0 Å². The van der Waals surface area contributed by atoms with Gasteiger partial charge in [-0.05, 0) is 63.8 Å². The largest absolute Gasteiger partial charge is 0.494 e. The summed E-state index contributed by atoms with van der Waals surface area (Å²) < 4.78 is 7.73. The molecule has 0 spiro atoms. The number of aromatic nitrogens is 2. The highest BCUT2D eigenvalue weighted by Gasteiger charge is 2.15. The van der Waals surface area contributed by atoms with Gasteiger partial charge in [-0.15, -0.1) is 0 Å².